The minimum atomic E-state index is -0.0762. The summed E-state index contributed by atoms with van der Waals surface area (Å²) in [5, 5.41) is 8.13. The highest BCUT2D eigenvalue weighted by Crippen LogP contribution is 2.20. The summed E-state index contributed by atoms with van der Waals surface area (Å²) in [4.78, 5) is 18.1. The molecule has 1 aromatic carbocycles. The molecule has 1 saturated heterocycles. The molecule has 1 aliphatic heterocycles. The minimum Gasteiger partial charge on any atom is -0.378 e. The Morgan fingerprint density at radius 1 is 1.15 bits per heavy atom. The van der Waals surface area contributed by atoms with Crippen molar-refractivity contribution in [2.24, 2.45) is 5.92 Å². The third-order valence-electron chi connectivity index (χ3n) is 5.12. The summed E-state index contributed by atoms with van der Waals surface area (Å²) >= 11 is 1.83. The van der Waals surface area contributed by atoms with Crippen LogP contribution in [0.3, 0.4) is 0 Å². The first-order chi connectivity index (χ1) is 13.1. The average Bonchev–Trinajstić information content (AvgIpc) is 3.19. The largest absolute Gasteiger partial charge is 0.378 e. The molecular weight excluding hydrogens is 356 g/mol. The monoisotopic (exact) mass is 386 g/mol. The molecule has 2 amide bonds. The number of urea groups is 1. The molecule has 3 rings (SSSR count). The predicted molar refractivity (Wildman–Crippen MR) is 113 cm³/mol. The fraction of sp³-hybridized carbons (Fsp3) is 0.476. The van der Waals surface area contributed by atoms with E-state index in [0.29, 0.717) is 12.5 Å². The third-order valence-corrected chi connectivity index (χ3v) is 5.98. The van der Waals surface area contributed by atoms with Gasteiger partial charge in [-0.1, -0.05) is 18.2 Å². The van der Waals surface area contributed by atoms with Crippen LogP contribution in [0.5, 0.6) is 0 Å². The van der Waals surface area contributed by atoms with Crippen LogP contribution in [-0.4, -0.2) is 44.7 Å². The fourth-order valence-electron chi connectivity index (χ4n) is 3.37. The number of nitrogens with zero attached hydrogens (tertiary/aromatic N) is 2. The first-order valence-electron chi connectivity index (χ1n) is 9.63. The second-order valence-electron chi connectivity index (χ2n) is 7.42. The summed E-state index contributed by atoms with van der Waals surface area (Å²) in [6.45, 7) is 4.61. The van der Waals surface area contributed by atoms with Crippen LogP contribution in [-0.2, 0) is 13.1 Å². The highest BCUT2D eigenvalue weighted by Gasteiger charge is 2.19. The quantitative estimate of drug-likeness (QED) is 0.765. The zero-order chi connectivity index (χ0) is 19.1. The number of carbonyl (C=O) groups is 1. The van der Waals surface area contributed by atoms with Crippen molar-refractivity contribution in [2.45, 2.75) is 25.9 Å². The van der Waals surface area contributed by atoms with Crippen molar-refractivity contribution in [1.29, 1.82) is 0 Å². The molecule has 0 aliphatic carbocycles. The Labute approximate surface area is 166 Å². The molecule has 2 heterocycles. The van der Waals surface area contributed by atoms with E-state index in [1.807, 2.05) is 25.4 Å². The summed E-state index contributed by atoms with van der Waals surface area (Å²) < 4.78 is 0. The van der Waals surface area contributed by atoms with Crippen molar-refractivity contribution in [2.75, 3.05) is 38.6 Å². The van der Waals surface area contributed by atoms with Gasteiger partial charge in [0.05, 0.1) is 0 Å². The van der Waals surface area contributed by atoms with Gasteiger partial charge in [0.1, 0.15) is 0 Å². The Kier molecular flexibility index (Phi) is 7.12. The summed E-state index contributed by atoms with van der Waals surface area (Å²) in [5.74, 6) is 0.578. The topological polar surface area (TPSA) is 47.6 Å². The summed E-state index contributed by atoms with van der Waals surface area (Å²) in [6.07, 6.45) is 2.30. The van der Waals surface area contributed by atoms with Gasteiger partial charge in [-0.05, 0) is 61.0 Å². The molecule has 0 radical (unpaired) electrons. The van der Waals surface area contributed by atoms with Crippen LogP contribution in [0.4, 0.5) is 10.5 Å². The SMILES string of the molecule is CN(C)c1ccc(CNC(=O)NCC2CCN(Cc3cccs3)CC2)cc1. The van der Waals surface area contributed by atoms with Gasteiger partial charge in [-0.3, -0.25) is 4.90 Å². The molecule has 0 bridgehead atoms. The number of nitrogens with one attached hydrogen (secondary N) is 2. The van der Waals surface area contributed by atoms with E-state index in [2.05, 4.69) is 62.2 Å². The van der Waals surface area contributed by atoms with Crippen molar-refractivity contribution in [3.8, 4) is 0 Å². The number of rotatable bonds is 7. The number of hydrogen-bond acceptors (Lipinski definition) is 4. The lowest BCUT2D eigenvalue weighted by Gasteiger charge is -2.31. The molecule has 0 spiro atoms. The molecule has 27 heavy (non-hydrogen) atoms. The Morgan fingerprint density at radius 2 is 1.89 bits per heavy atom. The van der Waals surface area contributed by atoms with E-state index in [1.54, 1.807) is 0 Å². The predicted octanol–water partition coefficient (Wildman–Crippen LogP) is 3.53. The smallest absolute Gasteiger partial charge is 0.315 e. The third kappa shape index (κ3) is 6.26. The summed E-state index contributed by atoms with van der Waals surface area (Å²) in [6, 6.07) is 12.5. The number of thiophene rings is 1. The van der Waals surface area contributed by atoms with E-state index >= 15 is 0 Å². The molecule has 146 valence electrons. The van der Waals surface area contributed by atoms with Gasteiger partial charge in [-0.15, -0.1) is 11.3 Å². The number of piperidine rings is 1. The second kappa shape index (κ2) is 9.76. The van der Waals surface area contributed by atoms with Crippen molar-refractivity contribution >= 4 is 23.1 Å². The Balaban J connectivity index is 1.31. The number of amides is 2. The van der Waals surface area contributed by atoms with E-state index in [-0.39, 0.29) is 6.03 Å². The van der Waals surface area contributed by atoms with Crippen LogP contribution in [0.1, 0.15) is 23.3 Å². The first-order valence-corrected chi connectivity index (χ1v) is 10.5. The Bertz CT molecular complexity index is 691. The first kappa shape index (κ1) is 19.7. The fourth-order valence-corrected chi connectivity index (χ4v) is 4.11. The number of likely N-dealkylation sites (tertiary alicyclic amines) is 1. The Morgan fingerprint density at radius 3 is 2.52 bits per heavy atom. The van der Waals surface area contributed by atoms with E-state index in [4.69, 9.17) is 0 Å². The van der Waals surface area contributed by atoms with Gasteiger partial charge in [0.2, 0.25) is 0 Å². The van der Waals surface area contributed by atoms with Gasteiger partial charge in [0, 0.05) is 44.3 Å². The van der Waals surface area contributed by atoms with Crippen LogP contribution in [0.2, 0.25) is 0 Å². The minimum absolute atomic E-state index is 0.0762. The van der Waals surface area contributed by atoms with E-state index in [0.717, 1.165) is 50.3 Å². The van der Waals surface area contributed by atoms with E-state index in [1.165, 1.54) is 4.88 Å². The molecule has 1 aliphatic rings. The molecule has 0 saturated carbocycles. The lowest BCUT2D eigenvalue weighted by molar-refractivity contribution is 0.176. The standard InChI is InChI=1S/C21H30N4OS/c1-24(2)19-7-5-17(6-8-19)14-22-21(26)23-15-18-9-11-25(12-10-18)16-20-4-3-13-27-20/h3-8,13,18H,9-12,14-16H2,1-2H3,(H2,22,23,26). The van der Waals surface area contributed by atoms with Gasteiger partial charge in [-0.2, -0.15) is 0 Å². The van der Waals surface area contributed by atoms with Crippen LogP contribution in [0.15, 0.2) is 41.8 Å². The molecule has 2 N–H and O–H groups in total. The average molecular weight is 387 g/mol. The van der Waals surface area contributed by atoms with Crippen LogP contribution in [0.25, 0.3) is 0 Å². The summed E-state index contributed by atoms with van der Waals surface area (Å²) in [7, 11) is 4.04. The van der Waals surface area contributed by atoms with Gasteiger partial charge in [0.15, 0.2) is 0 Å². The number of benzene rings is 1. The van der Waals surface area contributed by atoms with Gasteiger partial charge in [0.25, 0.3) is 0 Å². The molecule has 1 fully saturated rings. The lowest BCUT2D eigenvalue weighted by atomic mass is 9.97. The maximum Gasteiger partial charge on any atom is 0.315 e. The summed E-state index contributed by atoms with van der Waals surface area (Å²) in [5.41, 5.74) is 2.27. The van der Waals surface area contributed by atoms with Crippen molar-refractivity contribution < 1.29 is 4.79 Å². The highest BCUT2D eigenvalue weighted by atomic mass is 32.1. The van der Waals surface area contributed by atoms with E-state index in [9.17, 15) is 4.79 Å². The molecule has 1 aromatic heterocycles. The maximum atomic E-state index is 12.1. The number of hydrogen-bond donors (Lipinski definition) is 2. The van der Waals surface area contributed by atoms with Crippen molar-refractivity contribution in [3.05, 3.63) is 52.2 Å². The van der Waals surface area contributed by atoms with Gasteiger partial charge in [-0.25, -0.2) is 4.79 Å². The maximum absolute atomic E-state index is 12.1. The van der Waals surface area contributed by atoms with Crippen LogP contribution >= 0.6 is 11.3 Å². The molecule has 2 aromatic rings. The molecule has 0 atom stereocenters. The zero-order valence-corrected chi connectivity index (χ0v) is 17.1. The molecular formula is C21H30N4OS. The van der Waals surface area contributed by atoms with Crippen molar-refractivity contribution in [1.82, 2.24) is 15.5 Å². The lowest BCUT2D eigenvalue weighted by Crippen LogP contribution is -2.41. The zero-order valence-electron chi connectivity index (χ0n) is 16.3. The molecule has 5 nitrogen and oxygen atoms in total. The number of carbonyl (C=O) groups excluding carboxylic acids is 1. The van der Waals surface area contributed by atoms with Crippen LogP contribution < -0.4 is 15.5 Å². The Hall–Kier alpha value is -2.05. The van der Waals surface area contributed by atoms with E-state index < -0.39 is 0 Å². The van der Waals surface area contributed by atoms with Crippen molar-refractivity contribution in [3.63, 3.8) is 0 Å². The number of anilines is 1. The highest BCUT2D eigenvalue weighted by molar-refractivity contribution is 7.09. The van der Waals surface area contributed by atoms with Gasteiger partial charge < -0.3 is 15.5 Å². The normalized spacial score (nSPS) is 15.5. The molecule has 6 heteroatoms. The van der Waals surface area contributed by atoms with Gasteiger partial charge >= 0.3 is 6.03 Å². The molecule has 0 unspecified atom stereocenters. The van der Waals surface area contributed by atoms with Crippen LogP contribution in [0, 0.1) is 5.92 Å². The second-order valence-corrected chi connectivity index (χ2v) is 8.46.